The third-order valence-electron chi connectivity index (χ3n) is 4.18. The summed E-state index contributed by atoms with van der Waals surface area (Å²) in [5, 5.41) is 8.01. The number of halogens is 1. The Kier molecular flexibility index (Phi) is 7.95. The molecule has 1 fully saturated rings. The minimum Gasteiger partial charge on any atom is -0.369 e. The normalized spacial score (nSPS) is 17.8. The largest absolute Gasteiger partial charge is 0.369 e. The molecule has 2 heterocycles. The molecule has 0 saturated carbocycles. The Balaban J connectivity index is 0.00000225. The topological polar surface area (TPSA) is 52.6 Å². The minimum atomic E-state index is 0. The molecule has 1 atom stereocenters. The molecule has 2 N–H and O–H groups in total. The first-order valence-electron chi connectivity index (χ1n) is 8.43. The van der Waals surface area contributed by atoms with Gasteiger partial charge in [0.1, 0.15) is 5.01 Å². The summed E-state index contributed by atoms with van der Waals surface area (Å²) in [5.74, 6) is 0.850. The molecule has 0 radical (unpaired) electrons. The average Bonchev–Trinajstić information content (AvgIpc) is 3.05. The van der Waals surface area contributed by atoms with Gasteiger partial charge in [0.15, 0.2) is 5.96 Å². The highest BCUT2D eigenvalue weighted by atomic mass is 127. The van der Waals surface area contributed by atoms with Crippen LogP contribution in [-0.2, 0) is 6.54 Å². The molecule has 0 aliphatic carbocycles. The first-order valence-corrected chi connectivity index (χ1v) is 9.25. The van der Waals surface area contributed by atoms with Crippen molar-refractivity contribution in [1.29, 1.82) is 0 Å². The summed E-state index contributed by atoms with van der Waals surface area (Å²) in [6, 6.07) is 11.0. The summed E-state index contributed by atoms with van der Waals surface area (Å²) >= 11 is 1.72. The predicted molar refractivity (Wildman–Crippen MR) is 117 cm³/mol. The third kappa shape index (κ3) is 5.85. The van der Waals surface area contributed by atoms with Gasteiger partial charge in [0.25, 0.3) is 0 Å². The number of benzene rings is 1. The molecular weight excluding hydrogens is 445 g/mol. The van der Waals surface area contributed by atoms with Crippen LogP contribution in [0.4, 0.5) is 5.69 Å². The maximum Gasteiger partial charge on any atom is 0.191 e. The van der Waals surface area contributed by atoms with Crippen LogP contribution in [0.3, 0.4) is 0 Å². The number of rotatable bonds is 4. The number of nitrogens with zero attached hydrogens (tertiary/aromatic N) is 3. The van der Waals surface area contributed by atoms with Gasteiger partial charge in [-0.1, -0.05) is 18.2 Å². The zero-order valence-corrected chi connectivity index (χ0v) is 17.9. The standard InChI is InChI=1S/C18H25N5S.HI/c1-14-11-20-17(24-14)12-21-18(19-2)22-15-7-6-10-23(13-15)16-8-4-3-5-9-16;/h3-5,8-9,11,15H,6-7,10,12-13H2,1-2H3,(H2,19,21,22);1H. The molecule has 2 aromatic rings. The van der Waals surface area contributed by atoms with Crippen LogP contribution in [0.2, 0.25) is 0 Å². The number of hydrogen-bond donors (Lipinski definition) is 2. The zero-order chi connectivity index (χ0) is 16.8. The molecule has 1 aliphatic heterocycles. The highest BCUT2D eigenvalue weighted by molar-refractivity contribution is 14.0. The van der Waals surface area contributed by atoms with Crippen molar-refractivity contribution in [3.05, 3.63) is 46.4 Å². The number of hydrogen-bond acceptors (Lipinski definition) is 4. The number of thiazole rings is 1. The Morgan fingerprint density at radius 2 is 2.16 bits per heavy atom. The Bertz CT molecular complexity index is 673. The number of anilines is 1. The Morgan fingerprint density at radius 3 is 2.84 bits per heavy atom. The Hall–Kier alpha value is -1.35. The molecule has 3 rings (SSSR count). The van der Waals surface area contributed by atoms with E-state index in [4.69, 9.17) is 0 Å². The Morgan fingerprint density at radius 1 is 1.36 bits per heavy atom. The van der Waals surface area contributed by atoms with Crippen LogP contribution in [-0.4, -0.2) is 37.1 Å². The van der Waals surface area contributed by atoms with E-state index in [0.717, 1.165) is 24.1 Å². The third-order valence-corrected chi connectivity index (χ3v) is 5.10. The lowest BCUT2D eigenvalue weighted by molar-refractivity contribution is 0.468. The number of piperidine rings is 1. The summed E-state index contributed by atoms with van der Waals surface area (Å²) in [5.41, 5.74) is 1.30. The van der Waals surface area contributed by atoms with Crippen molar-refractivity contribution >= 4 is 47.0 Å². The first kappa shape index (κ1) is 20.0. The van der Waals surface area contributed by atoms with E-state index in [1.165, 1.54) is 23.4 Å². The lowest BCUT2D eigenvalue weighted by Gasteiger charge is -2.35. The van der Waals surface area contributed by atoms with Crippen molar-refractivity contribution in [3.63, 3.8) is 0 Å². The molecule has 0 spiro atoms. The monoisotopic (exact) mass is 471 g/mol. The molecule has 1 aliphatic rings. The van der Waals surface area contributed by atoms with E-state index in [1.807, 2.05) is 13.2 Å². The van der Waals surface area contributed by atoms with Crippen molar-refractivity contribution in [2.75, 3.05) is 25.0 Å². The fourth-order valence-corrected chi connectivity index (χ4v) is 3.73. The maximum absolute atomic E-state index is 4.39. The maximum atomic E-state index is 4.39. The second kappa shape index (κ2) is 9.96. The van der Waals surface area contributed by atoms with Gasteiger partial charge in [-0.25, -0.2) is 4.98 Å². The summed E-state index contributed by atoms with van der Waals surface area (Å²) in [6.45, 7) is 4.91. The van der Waals surface area contributed by atoms with Gasteiger partial charge in [0.05, 0.1) is 6.54 Å². The molecule has 1 unspecified atom stereocenters. The van der Waals surface area contributed by atoms with E-state index in [1.54, 1.807) is 11.3 Å². The highest BCUT2D eigenvalue weighted by Gasteiger charge is 2.20. The Labute approximate surface area is 171 Å². The van der Waals surface area contributed by atoms with E-state index in [9.17, 15) is 0 Å². The van der Waals surface area contributed by atoms with E-state index in [-0.39, 0.29) is 24.0 Å². The molecular formula is C18H26IN5S. The predicted octanol–water partition coefficient (Wildman–Crippen LogP) is 3.40. The quantitative estimate of drug-likeness (QED) is 0.408. The number of aliphatic imine (C=N–C) groups is 1. The van der Waals surface area contributed by atoms with E-state index >= 15 is 0 Å². The molecule has 0 bridgehead atoms. The number of para-hydroxylation sites is 1. The van der Waals surface area contributed by atoms with Gasteiger partial charge >= 0.3 is 0 Å². The fraction of sp³-hybridized carbons (Fsp3) is 0.444. The molecule has 25 heavy (non-hydrogen) atoms. The van der Waals surface area contributed by atoms with Crippen LogP contribution in [0.5, 0.6) is 0 Å². The summed E-state index contributed by atoms with van der Waals surface area (Å²) in [7, 11) is 1.82. The van der Waals surface area contributed by atoms with Crippen LogP contribution in [0.1, 0.15) is 22.7 Å². The smallest absolute Gasteiger partial charge is 0.191 e. The molecule has 7 heteroatoms. The zero-order valence-electron chi connectivity index (χ0n) is 14.7. The second-order valence-electron chi connectivity index (χ2n) is 6.06. The van der Waals surface area contributed by atoms with Crippen LogP contribution >= 0.6 is 35.3 Å². The van der Waals surface area contributed by atoms with E-state index < -0.39 is 0 Å². The second-order valence-corrected chi connectivity index (χ2v) is 7.37. The number of nitrogens with one attached hydrogen (secondary N) is 2. The van der Waals surface area contributed by atoms with Crippen molar-refractivity contribution in [2.45, 2.75) is 32.4 Å². The van der Waals surface area contributed by atoms with Gasteiger partial charge in [-0.15, -0.1) is 35.3 Å². The lowest BCUT2D eigenvalue weighted by atomic mass is 10.1. The van der Waals surface area contributed by atoms with Gasteiger partial charge in [0, 0.05) is 42.9 Å². The number of aromatic nitrogens is 1. The molecule has 136 valence electrons. The summed E-state index contributed by atoms with van der Waals surface area (Å²) in [6.07, 6.45) is 4.27. The van der Waals surface area contributed by atoms with Gasteiger partial charge in [0.2, 0.25) is 0 Å². The van der Waals surface area contributed by atoms with Gasteiger partial charge in [-0.05, 0) is 31.9 Å². The highest BCUT2D eigenvalue weighted by Crippen LogP contribution is 2.19. The summed E-state index contributed by atoms with van der Waals surface area (Å²) < 4.78 is 0. The first-order chi connectivity index (χ1) is 11.7. The van der Waals surface area contributed by atoms with Crippen LogP contribution in [0.15, 0.2) is 41.5 Å². The van der Waals surface area contributed by atoms with Crippen LogP contribution < -0.4 is 15.5 Å². The minimum absolute atomic E-state index is 0. The number of aryl methyl sites for hydroxylation is 1. The fourth-order valence-electron chi connectivity index (χ4n) is 3.00. The molecule has 5 nitrogen and oxygen atoms in total. The van der Waals surface area contributed by atoms with Crippen LogP contribution in [0, 0.1) is 6.92 Å². The van der Waals surface area contributed by atoms with Crippen molar-refractivity contribution < 1.29 is 0 Å². The summed E-state index contributed by atoms with van der Waals surface area (Å²) in [4.78, 5) is 12.4. The van der Waals surface area contributed by atoms with Gasteiger partial charge < -0.3 is 15.5 Å². The lowest BCUT2D eigenvalue weighted by Crippen LogP contribution is -2.51. The van der Waals surface area contributed by atoms with Crippen molar-refractivity contribution in [1.82, 2.24) is 15.6 Å². The van der Waals surface area contributed by atoms with Crippen LogP contribution in [0.25, 0.3) is 0 Å². The molecule has 1 aromatic heterocycles. The number of guanidine groups is 1. The van der Waals surface area contributed by atoms with Gasteiger partial charge in [-0.2, -0.15) is 0 Å². The van der Waals surface area contributed by atoms with E-state index in [0.29, 0.717) is 12.6 Å². The van der Waals surface area contributed by atoms with Crippen molar-refractivity contribution in [2.24, 2.45) is 4.99 Å². The van der Waals surface area contributed by atoms with Crippen molar-refractivity contribution in [3.8, 4) is 0 Å². The van der Waals surface area contributed by atoms with Gasteiger partial charge in [-0.3, -0.25) is 4.99 Å². The average molecular weight is 471 g/mol. The molecule has 0 amide bonds. The van der Waals surface area contributed by atoms with E-state index in [2.05, 4.69) is 62.8 Å². The SMILES string of the molecule is CN=C(NCc1ncc(C)s1)NC1CCCN(c2ccccc2)C1.I. The molecule has 1 saturated heterocycles. The molecule has 1 aromatic carbocycles.